The molecule has 0 aliphatic carbocycles. The summed E-state index contributed by atoms with van der Waals surface area (Å²) in [6.45, 7) is -0.278. The Kier molecular flexibility index (Phi) is 7.12. The van der Waals surface area contributed by atoms with Gasteiger partial charge in [0.2, 0.25) is 0 Å². The predicted molar refractivity (Wildman–Crippen MR) is 112 cm³/mol. The molecule has 3 rings (SSSR count). The highest BCUT2D eigenvalue weighted by atomic mass is 32.1. The minimum Gasteiger partial charge on any atom is -0.451 e. The maximum absolute atomic E-state index is 14.3. The number of benzene rings is 2. The molecule has 154 valence electrons. The number of hydrogen-bond donors (Lipinski definition) is 0. The molecule has 0 saturated heterocycles. The van der Waals surface area contributed by atoms with Gasteiger partial charge in [0.25, 0.3) is 5.91 Å². The van der Waals surface area contributed by atoms with Gasteiger partial charge in [0, 0.05) is 35.0 Å². The number of halogens is 1. The van der Waals surface area contributed by atoms with E-state index in [2.05, 4.69) is 0 Å². The highest BCUT2D eigenvalue weighted by Gasteiger charge is 2.24. The van der Waals surface area contributed by atoms with Crippen molar-refractivity contribution < 1.29 is 23.5 Å². The number of esters is 1. The molecule has 1 aromatic heterocycles. The first kappa shape index (κ1) is 21.4. The van der Waals surface area contributed by atoms with Crippen LogP contribution < -0.4 is 4.90 Å². The van der Waals surface area contributed by atoms with E-state index in [4.69, 9.17) is 14.7 Å². The van der Waals surface area contributed by atoms with Crippen molar-refractivity contribution in [2.45, 2.75) is 13.0 Å². The molecule has 2 aromatic carbocycles. The third-order valence-electron chi connectivity index (χ3n) is 4.38. The molecule has 30 heavy (non-hydrogen) atoms. The van der Waals surface area contributed by atoms with Crippen LogP contribution in [0.5, 0.6) is 0 Å². The van der Waals surface area contributed by atoms with Crippen molar-refractivity contribution in [1.29, 1.82) is 5.26 Å². The van der Waals surface area contributed by atoms with Gasteiger partial charge in [0.1, 0.15) is 10.7 Å². The molecule has 0 spiro atoms. The fraction of sp³-hybridized carbons (Fsp3) is 0.227. The summed E-state index contributed by atoms with van der Waals surface area (Å²) in [5.41, 5.74) is 1.01. The highest BCUT2D eigenvalue weighted by Crippen LogP contribution is 2.34. The molecular weight excluding hydrogens is 407 g/mol. The Morgan fingerprint density at radius 3 is 2.63 bits per heavy atom. The summed E-state index contributed by atoms with van der Waals surface area (Å²) in [4.78, 5) is 27.0. The van der Waals surface area contributed by atoms with E-state index in [0.717, 1.165) is 11.3 Å². The molecule has 0 aliphatic heterocycles. The Hall–Kier alpha value is -3.28. The Morgan fingerprint density at radius 2 is 1.93 bits per heavy atom. The molecular formula is C22H19FN2O4S. The molecule has 0 aliphatic rings. The Morgan fingerprint density at radius 1 is 1.17 bits per heavy atom. The normalized spacial score (nSPS) is 10.6. The number of hydrogen-bond acceptors (Lipinski definition) is 6. The molecule has 0 unspecified atom stereocenters. The number of carbonyl (C=O) groups is 2. The summed E-state index contributed by atoms with van der Waals surface area (Å²) in [6.07, 6.45) is 0.141. The van der Waals surface area contributed by atoms with Gasteiger partial charge in [-0.05, 0) is 24.3 Å². The van der Waals surface area contributed by atoms with E-state index in [9.17, 15) is 14.0 Å². The lowest BCUT2D eigenvalue weighted by atomic mass is 10.1. The fourth-order valence-corrected chi connectivity index (χ4v) is 4.17. The summed E-state index contributed by atoms with van der Waals surface area (Å²) in [5.74, 6) is -1.62. The van der Waals surface area contributed by atoms with Crippen LogP contribution in [0, 0.1) is 17.1 Å². The number of nitrogens with zero attached hydrogens (tertiary/aromatic N) is 2. The van der Waals surface area contributed by atoms with Crippen LogP contribution in [0.15, 0.2) is 48.5 Å². The SMILES string of the molecule is COCc1c(C(=O)OCC(=O)N(CCC#N)c2ccccc2)sc2cccc(F)c12. The lowest BCUT2D eigenvalue weighted by molar-refractivity contribution is -0.121. The summed E-state index contributed by atoms with van der Waals surface area (Å²) >= 11 is 1.09. The van der Waals surface area contributed by atoms with E-state index in [-0.39, 0.29) is 24.4 Å². The number of methoxy groups -OCH3 is 1. The monoisotopic (exact) mass is 426 g/mol. The smallest absolute Gasteiger partial charge is 0.349 e. The van der Waals surface area contributed by atoms with Gasteiger partial charge in [-0.1, -0.05) is 24.3 Å². The van der Waals surface area contributed by atoms with Gasteiger partial charge < -0.3 is 14.4 Å². The minimum atomic E-state index is -0.718. The van der Waals surface area contributed by atoms with Gasteiger partial charge >= 0.3 is 5.97 Å². The molecule has 3 aromatic rings. The zero-order chi connectivity index (χ0) is 21.5. The van der Waals surface area contributed by atoms with E-state index >= 15 is 0 Å². The van der Waals surface area contributed by atoms with E-state index in [1.165, 1.54) is 18.1 Å². The van der Waals surface area contributed by atoms with Gasteiger partial charge in [-0.25, -0.2) is 9.18 Å². The van der Waals surface area contributed by atoms with Gasteiger partial charge in [-0.15, -0.1) is 11.3 Å². The molecule has 0 fully saturated rings. The van der Waals surface area contributed by atoms with Gasteiger partial charge in [0.05, 0.1) is 19.1 Å². The molecule has 0 saturated carbocycles. The van der Waals surface area contributed by atoms with Crippen molar-refractivity contribution in [3.8, 4) is 6.07 Å². The van der Waals surface area contributed by atoms with E-state index in [1.807, 2.05) is 12.1 Å². The number of thiophene rings is 1. The second-order valence-corrected chi connectivity index (χ2v) is 7.37. The third kappa shape index (κ3) is 4.64. The first-order valence-corrected chi connectivity index (χ1v) is 9.96. The van der Waals surface area contributed by atoms with Crippen LogP contribution in [-0.4, -0.2) is 32.1 Å². The molecule has 6 nitrogen and oxygen atoms in total. The minimum absolute atomic E-state index is 0.0393. The average Bonchev–Trinajstić information content (AvgIpc) is 3.13. The number of nitriles is 1. The zero-order valence-electron chi connectivity index (χ0n) is 16.3. The standard InChI is InChI=1S/C22H19FN2O4S/c1-28-13-16-20-17(23)9-5-10-18(20)30-21(16)22(27)29-14-19(26)25(12-6-11-24)15-7-3-2-4-8-15/h2-5,7-10H,6,12-14H2,1H3. The number of fused-ring (bicyclic) bond motifs is 1. The zero-order valence-corrected chi connectivity index (χ0v) is 17.1. The number of rotatable bonds is 8. The van der Waals surface area contributed by atoms with E-state index in [1.54, 1.807) is 36.4 Å². The molecule has 0 bridgehead atoms. The van der Waals surface area contributed by atoms with Crippen LogP contribution in [0.3, 0.4) is 0 Å². The van der Waals surface area contributed by atoms with Crippen LogP contribution in [0.2, 0.25) is 0 Å². The summed E-state index contributed by atoms with van der Waals surface area (Å²) in [6, 6.07) is 15.4. The summed E-state index contributed by atoms with van der Waals surface area (Å²) in [7, 11) is 1.45. The first-order valence-electron chi connectivity index (χ1n) is 9.15. The number of carbonyl (C=O) groups excluding carboxylic acids is 2. The Labute approximate surface area is 177 Å². The third-order valence-corrected chi connectivity index (χ3v) is 5.56. The number of amides is 1. The second kappa shape index (κ2) is 9.96. The van der Waals surface area contributed by atoms with Crippen LogP contribution in [0.25, 0.3) is 10.1 Å². The largest absolute Gasteiger partial charge is 0.451 e. The van der Waals surface area contributed by atoms with Gasteiger partial charge in [0.15, 0.2) is 6.61 Å². The highest BCUT2D eigenvalue weighted by molar-refractivity contribution is 7.21. The quantitative estimate of drug-likeness (QED) is 0.502. The van der Waals surface area contributed by atoms with Gasteiger partial charge in [-0.2, -0.15) is 5.26 Å². The molecule has 1 heterocycles. The number of para-hydroxylation sites is 1. The average molecular weight is 426 g/mol. The topological polar surface area (TPSA) is 79.6 Å². The number of ether oxygens (including phenoxy) is 2. The first-order chi connectivity index (χ1) is 14.6. The second-order valence-electron chi connectivity index (χ2n) is 6.32. The molecule has 8 heteroatoms. The summed E-state index contributed by atoms with van der Waals surface area (Å²) in [5, 5.41) is 9.19. The van der Waals surface area contributed by atoms with Crippen molar-refractivity contribution in [2.75, 3.05) is 25.2 Å². The molecule has 0 N–H and O–H groups in total. The lowest BCUT2D eigenvalue weighted by Gasteiger charge is -2.21. The lowest BCUT2D eigenvalue weighted by Crippen LogP contribution is -2.35. The Balaban J connectivity index is 1.79. The van der Waals surface area contributed by atoms with Crippen molar-refractivity contribution in [1.82, 2.24) is 0 Å². The van der Waals surface area contributed by atoms with E-state index in [0.29, 0.717) is 21.3 Å². The predicted octanol–water partition coefficient (Wildman–Crippen LogP) is 4.29. The van der Waals surface area contributed by atoms with Crippen LogP contribution >= 0.6 is 11.3 Å². The van der Waals surface area contributed by atoms with Crippen LogP contribution in [-0.2, 0) is 20.9 Å². The van der Waals surface area contributed by atoms with Crippen molar-refractivity contribution in [2.24, 2.45) is 0 Å². The van der Waals surface area contributed by atoms with E-state index < -0.39 is 24.3 Å². The molecule has 0 radical (unpaired) electrons. The van der Waals surface area contributed by atoms with Crippen molar-refractivity contribution >= 4 is 39.0 Å². The summed E-state index contributed by atoms with van der Waals surface area (Å²) < 4.78 is 25.3. The Bertz CT molecular complexity index is 1090. The fourth-order valence-electron chi connectivity index (χ4n) is 3.05. The van der Waals surface area contributed by atoms with Crippen molar-refractivity contribution in [3.05, 3.63) is 64.8 Å². The van der Waals surface area contributed by atoms with Crippen LogP contribution in [0.4, 0.5) is 10.1 Å². The maximum Gasteiger partial charge on any atom is 0.349 e. The molecule has 0 atom stereocenters. The number of anilines is 1. The van der Waals surface area contributed by atoms with Gasteiger partial charge in [-0.3, -0.25) is 4.79 Å². The maximum atomic E-state index is 14.3. The van der Waals surface area contributed by atoms with Crippen LogP contribution in [0.1, 0.15) is 21.7 Å². The molecule has 1 amide bonds. The van der Waals surface area contributed by atoms with Crippen molar-refractivity contribution in [3.63, 3.8) is 0 Å².